The highest BCUT2D eigenvalue weighted by atomic mass is 32.3. The van der Waals surface area contributed by atoms with Crippen LogP contribution in [-0.4, -0.2) is 33.2 Å². The van der Waals surface area contributed by atoms with Crippen molar-refractivity contribution in [2.75, 3.05) is 14.2 Å². The van der Waals surface area contributed by atoms with Crippen LogP contribution >= 0.6 is 0 Å². The second kappa shape index (κ2) is 8.08. The lowest BCUT2D eigenvalue weighted by Crippen LogP contribution is -2.09. The molecule has 3 N–H and O–H groups in total. The largest absolute Gasteiger partial charge is 0.466 e. The zero-order chi connectivity index (χ0) is 13.4. The van der Waals surface area contributed by atoms with E-state index in [-0.39, 0.29) is 5.97 Å². The Balaban J connectivity index is 0. The molecule has 0 fully saturated rings. The maximum absolute atomic E-state index is 10.8. The first kappa shape index (κ1) is 17.3. The molecule has 16 heavy (non-hydrogen) atoms. The Morgan fingerprint density at radius 1 is 1.38 bits per heavy atom. The lowest BCUT2D eigenvalue weighted by molar-refractivity contribution is -0.136. The van der Waals surface area contributed by atoms with E-state index in [9.17, 15) is 13.2 Å². The summed E-state index contributed by atoms with van der Waals surface area (Å²) in [4.78, 5) is 10.8. The molecule has 0 aromatic carbocycles. The van der Waals surface area contributed by atoms with Gasteiger partial charge in [0.1, 0.15) is 0 Å². The SMILES string of the molecule is CCC(C(=O)OC)=C(C)N.COS(=O)(=O)O. The van der Waals surface area contributed by atoms with Crippen LogP contribution in [0.4, 0.5) is 0 Å². The predicted octanol–water partition coefficient (Wildman–Crippen LogP) is 0.238. The topological polar surface area (TPSA) is 116 Å². The molecule has 0 aliphatic carbocycles. The molecule has 0 aliphatic heterocycles. The number of esters is 1. The van der Waals surface area contributed by atoms with Crippen LogP contribution in [0.1, 0.15) is 20.3 Å². The van der Waals surface area contributed by atoms with Gasteiger partial charge in [-0.3, -0.25) is 8.74 Å². The van der Waals surface area contributed by atoms with Gasteiger partial charge in [-0.2, -0.15) is 8.42 Å². The van der Waals surface area contributed by atoms with Crippen molar-refractivity contribution in [3.63, 3.8) is 0 Å². The van der Waals surface area contributed by atoms with Gasteiger partial charge in [0.05, 0.1) is 19.8 Å². The molecule has 0 aromatic rings. The van der Waals surface area contributed by atoms with Gasteiger partial charge in [-0.05, 0) is 13.3 Å². The van der Waals surface area contributed by atoms with Crippen LogP contribution in [0.5, 0.6) is 0 Å². The normalized spacial score (nSPS) is 12.1. The summed E-state index contributed by atoms with van der Waals surface area (Å²) in [6.07, 6.45) is 0.620. The monoisotopic (exact) mass is 255 g/mol. The summed E-state index contributed by atoms with van der Waals surface area (Å²) in [5.74, 6) is -0.331. The molecule has 0 unspecified atom stereocenters. The lowest BCUT2D eigenvalue weighted by atomic mass is 10.2. The number of hydrogen-bond acceptors (Lipinski definition) is 6. The van der Waals surface area contributed by atoms with E-state index in [2.05, 4.69) is 8.92 Å². The average molecular weight is 255 g/mol. The number of carbonyl (C=O) groups is 1. The second-order valence-electron chi connectivity index (χ2n) is 2.60. The lowest BCUT2D eigenvalue weighted by Gasteiger charge is -2.02. The minimum Gasteiger partial charge on any atom is -0.466 e. The first-order valence-electron chi connectivity index (χ1n) is 4.26. The quantitative estimate of drug-likeness (QED) is 0.421. The van der Waals surface area contributed by atoms with E-state index in [0.29, 0.717) is 17.7 Å². The number of ether oxygens (including phenoxy) is 1. The van der Waals surface area contributed by atoms with Crippen molar-refractivity contribution in [3.05, 3.63) is 11.3 Å². The molecule has 0 bridgehead atoms. The molecule has 0 aromatic heterocycles. The molecule has 0 rings (SSSR count). The van der Waals surface area contributed by atoms with Gasteiger partial charge < -0.3 is 10.5 Å². The Bertz CT molecular complexity index is 342. The number of allylic oxidation sites excluding steroid dienone is 1. The van der Waals surface area contributed by atoms with E-state index < -0.39 is 10.4 Å². The molecule has 0 atom stereocenters. The molecular formula is C8H17NO6S. The van der Waals surface area contributed by atoms with Crippen molar-refractivity contribution in [2.45, 2.75) is 20.3 Å². The molecule has 0 amide bonds. The van der Waals surface area contributed by atoms with Gasteiger partial charge in [-0.25, -0.2) is 4.79 Å². The summed E-state index contributed by atoms with van der Waals surface area (Å²) >= 11 is 0. The van der Waals surface area contributed by atoms with Crippen LogP contribution in [-0.2, 0) is 24.1 Å². The highest BCUT2D eigenvalue weighted by Gasteiger charge is 2.08. The molecule has 0 aliphatic rings. The van der Waals surface area contributed by atoms with Gasteiger partial charge >= 0.3 is 16.4 Å². The highest BCUT2D eigenvalue weighted by molar-refractivity contribution is 7.80. The van der Waals surface area contributed by atoms with E-state index in [4.69, 9.17) is 10.3 Å². The summed E-state index contributed by atoms with van der Waals surface area (Å²) in [7, 11) is -1.94. The zero-order valence-electron chi connectivity index (χ0n) is 9.68. The fraction of sp³-hybridized carbons (Fsp3) is 0.625. The molecule has 0 saturated carbocycles. The van der Waals surface area contributed by atoms with Gasteiger partial charge in [0, 0.05) is 5.70 Å². The van der Waals surface area contributed by atoms with Crippen molar-refractivity contribution < 1.29 is 26.7 Å². The van der Waals surface area contributed by atoms with E-state index in [1.807, 2.05) is 6.92 Å². The Hall–Kier alpha value is -1.12. The van der Waals surface area contributed by atoms with E-state index in [0.717, 1.165) is 7.11 Å². The van der Waals surface area contributed by atoms with Crippen LogP contribution in [0, 0.1) is 0 Å². The van der Waals surface area contributed by atoms with Crippen LogP contribution in [0.15, 0.2) is 11.3 Å². The smallest absolute Gasteiger partial charge is 0.397 e. The number of nitrogens with two attached hydrogens (primary N) is 1. The van der Waals surface area contributed by atoms with E-state index >= 15 is 0 Å². The first-order valence-corrected chi connectivity index (χ1v) is 5.62. The summed E-state index contributed by atoms with van der Waals surface area (Å²) in [5.41, 5.74) is 6.50. The van der Waals surface area contributed by atoms with Crippen LogP contribution in [0.25, 0.3) is 0 Å². The number of rotatable bonds is 3. The van der Waals surface area contributed by atoms with Gasteiger partial charge in [-0.15, -0.1) is 0 Å². The molecule has 0 spiro atoms. The molecule has 0 saturated heterocycles. The Morgan fingerprint density at radius 2 is 1.75 bits per heavy atom. The third-order valence-electron chi connectivity index (χ3n) is 1.47. The third-order valence-corrected chi connectivity index (χ3v) is 1.89. The molecule has 0 heterocycles. The Kier molecular flexibility index (Phi) is 8.73. The van der Waals surface area contributed by atoms with E-state index in [1.54, 1.807) is 6.92 Å². The molecule has 8 heteroatoms. The van der Waals surface area contributed by atoms with Crippen molar-refractivity contribution in [3.8, 4) is 0 Å². The summed E-state index contributed by atoms with van der Waals surface area (Å²) in [6, 6.07) is 0. The van der Waals surface area contributed by atoms with Crippen molar-refractivity contribution in [1.29, 1.82) is 0 Å². The summed E-state index contributed by atoms with van der Waals surface area (Å²) in [5, 5.41) is 0. The number of methoxy groups -OCH3 is 1. The van der Waals surface area contributed by atoms with Crippen LogP contribution in [0.3, 0.4) is 0 Å². The standard InChI is InChI=1S/C7H13NO2.CH4O4S/c1-4-6(5(2)8)7(9)10-3;1-5-6(2,3)4/h4,8H2,1-3H3;1H3,(H,2,3,4). The molecule has 96 valence electrons. The highest BCUT2D eigenvalue weighted by Crippen LogP contribution is 2.05. The minimum atomic E-state index is -4.16. The van der Waals surface area contributed by atoms with Gasteiger partial charge in [0.25, 0.3) is 0 Å². The predicted molar refractivity (Wildman–Crippen MR) is 57.8 cm³/mol. The number of carbonyl (C=O) groups excluding carboxylic acids is 1. The van der Waals surface area contributed by atoms with Gasteiger partial charge in [0.15, 0.2) is 0 Å². The zero-order valence-corrected chi connectivity index (χ0v) is 10.5. The fourth-order valence-electron chi connectivity index (χ4n) is 0.707. The van der Waals surface area contributed by atoms with Crippen LogP contribution in [0.2, 0.25) is 0 Å². The Morgan fingerprint density at radius 3 is 1.81 bits per heavy atom. The Labute approximate surface area is 95.2 Å². The first-order chi connectivity index (χ1) is 7.19. The fourth-order valence-corrected chi connectivity index (χ4v) is 0.707. The minimum absolute atomic E-state index is 0.331. The molecule has 0 radical (unpaired) electrons. The van der Waals surface area contributed by atoms with Crippen LogP contribution < -0.4 is 5.73 Å². The summed E-state index contributed by atoms with van der Waals surface area (Å²) in [6.45, 7) is 3.55. The van der Waals surface area contributed by atoms with Gasteiger partial charge in [0.2, 0.25) is 0 Å². The van der Waals surface area contributed by atoms with E-state index in [1.165, 1.54) is 7.11 Å². The van der Waals surface area contributed by atoms with Crippen molar-refractivity contribution >= 4 is 16.4 Å². The van der Waals surface area contributed by atoms with Gasteiger partial charge in [-0.1, -0.05) is 6.92 Å². The maximum Gasteiger partial charge on any atom is 0.397 e. The maximum atomic E-state index is 10.8. The molecular weight excluding hydrogens is 238 g/mol. The average Bonchev–Trinajstić information content (AvgIpc) is 2.18. The third kappa shape index (κ3) is 9.44. The van der Waals surface area contributed by atoms with Crippen molar-refractivity contribution in [2.24, 2.45) is 5.73 Å². The summed E-state index contributed by atoms with van der Waals surface area (Å²) < 4.78 is 34.2. The van der Waals surface area contributed by atoms with Crippen molar-refractivity contribution in [1.82, 2.24) is 0 Å². The number of hydrogen-bond donors (Lipinski definition) is 2. The second-order valence-corrected chi connectivity index (χ2v) is 3.79. The molecule has 7 nitrogen and oxygen atoms in total.